The summed E-state index contributed by atoms with van der Waals surface area (Å²) in [6, 6.07) is -1.81. The van der Waals surface area contributed by atoms with Crippen molar-refractivity contribution in [2.24, 2.45) is 0 Å². The first kappa shape index (κ1) is 93.7. The number of aliphatic hydroxyl groups excluding tert-OH is 31. The van der Waals surface area contributed by atoms with Crippen molar-refractivity contribution in [1.29, 1.82) is 0 Å². The molecule has 52 nitrogen and oxygen atoms in total. The first-order valence-corrected chi connectivity index (χ1v) is 36.2. The summed E-state index contributed by atoms with van der Waals surface area (Å²) in [6.45, 7) is -10.3. The van der Waals surface area contributed by atoms with Crippen LogP contribution in [-0.4, -0.2) is 537 Å². The van der Waals surface area contributed by atoms with Gasteiger partial charge in [-0.15, -0.1) is 0 Å². The van der Waals surface area contributed by atoms with Gasteiger partial charge in [-0.25, -0.2) is 0 Å². The maximum absolute atomic E-state index is 12.6. The normalized spacial score (nSPS) is 52.6. The van der Waals surface area contributed by atoms with Gasteiger partial charge >= 0.3 is 0 Å². The molecule has 10 heterocycles. The lowest BCUT2D eigenvalue weighted by Gasteiger charge is -2.50. The highest BCUT2D eigenvalue weighted by Crippen LogP contribution is 2.41. The van der Waals surface area contributed by atoms with Crippen LogP contribution in [0, 0.1) is 0 Å². The fraction of sp³-hybridized carbons (Fsp3) is 0.984. The number of carbonyl (C=O) groups excluding carboxylic acids is 1. The Labute approximate surface area is 642 Å². The molecule has 664 valence electrons. The number of carbonyl (C=O) groups is 1. The van der Waals surface area contributed by atoms with E-state index < -0.39 is 379 Å². The third kappa shape index (κ3) is 19.7. The van der Waals surface area contributed by atoms with Crippen molar-refractivity contribution in [2.45, 2.75) is 314 Å². The Hall–Kier alpha value is -2.53. The van der Waals surface area contributed by atoms with E-state index in [2.05, 4.69) is 5.32 Å². The summed E-state index contributed by atoms with van der Waals surface area (Å²) in [6.07, 6.45) is -107. The van der Waals surface area contributed by atoms with Crippen LogP contribution < -0.4 is 5.32 Å². The van der Waals surface area contributed by atoms with E-state index in [1.54, 1.807) is 0 Å². The van der Waals surface area contributed by atoms with Crippen LogP contribution in [0.1, 0.15) is 6.92 Å². The monoisotopic (exact) mass is 1680 g/mol. The number of hydrogen-bond acceptors (Lipinski definition) is 51. The van der Waals surface area contributed by atoms with Gasteiger partial charge in [0, 0.05) is 6.92 Å². The molecule has 0 radical (unpaired) electrons. The molecule has 1 amide bonds. The second-order valence-corrected chi connectivity index (χ2v) is 28.8. The third-order valence-corrected chi connectivity index (χ3v) is 21.3. The van der Waals surface area contributed by atoms with Gasteiger partial charge in [-0.2, -0.15) is 0 Å². The summed E-state index contributed by atoms with van der Waals surface area (Å²) in [5.74, 6) is -0.882. The second-order valence-electron chi connectivity index (χ2n) is 28.8. The van der Waals surface area contributed by atoms with Crippen LogP contribution in [0.3, 0.4) is 0 Å². The molecule has 0 aromatic rings. The molecule has 50 atom stereocenters. The van der Waals surface area contributed by atoms with Gasteiger partial charge in [-0.1, -0.05) is 0 Å². The fourth-order valence-electron chi connectivity index (χ4n) is 14.6. The highest BCUT2D eigenvalue weighted by Gasteiger charge is 2.61. The van der Waals surface area contributed by atoms with Crippen LogP contribution in [-0.2, 0) is 94.8 Å². The van der Waals surface area contributed by atoms with Gasteiger partial charge in [-0.05, 0) is 0 Å². The van der Waals surface area contributed by atoms with Crippen molar-refractivity contribution in [2.75, 3.05) is 66.1 Å². The Balaban J connectivity index is 0.999. The third-order valence-electron chi connectivity index (χ3n) is 21.3. The fourth-order valence-corrected chi connectivity index (χ4v) is 14.6. The van der Waals surface area contributed by atoms with Crippen LogP contribution in [0.2, 0.25) is 0 Å². The van der Waals surface area contributed by atoms with Crippen LogP contribution in [0.5, 0.6) is 0 Å². The van der Waals surface area contributed by atoms with E-state index in [0.717, 1.165) is 6.92 Å². The molecule has 114 heavy (non-hydrogen) atoms. The predicted molar refractivity (Wildman–Crippen MR) is 341 cm³/mol. The van der Waals surface area contributed by atoms with Crippen LogP contribution >= 0.6 is 0 Å². The van der Waals surface area contributed by atoms with Gasteiger partial charge in [0.1, 0.15) is 244 Å². The lowest BCUT2D eigenvalue weighted by atomic mass is 9.94. The maximum atomic E-state index is 12.6. The van der Waals surface area contributed by atoms with E-state index in [4.69, 9.17) is 90.0 Å². The zero-order chi connectivity index (χ0) is 83.7. The Bertz CT molecular complexity index is 2920. The minimum Gasteiger partial charge on any atom is -0.394 e. The average Bonchev–Trinajstić information content (AvgIpc) is 0.725. The van der Waals surface area contributed by atoms with E-state index in [1.807, 2.05) is 0 Å². The molecule has 52 heteroatoms. The summed E-state index contributed by atoms with van der Waals surface area (Å²) in [7, 11) is 0. The zero-order valence-corrected chi connectivity index (χ0v) is 60.0. The van der Waals surface area contributed by atoms with Crippen LogP contribution in [0.15, 0.2) is 0 Å². The minimum absolute atomic E-state index is 0.882. The molecular formula is C62H105NO51. The van der Waals surface area contributed by atoms with Crippen molar-refractivity contribution in [3.63, 3.8) is 0 Å². The first-order valence-electron chi connectivity index (χ1n) is 36.2. The average molecular weight is 1680 g/mol. The zero-order valence-electron chi connectivity index (χ0n) is 60.0. The van der Waals surface area contributed by atoms with Crippen molar-refractivity contribution in [3.8, 4) is 0 Å². The molecule has 0 aromatic heterocycles. The van der Waals surface area contributed by atoms with E-state index in [9.17, 15) is 163 Å². The highest BCUT2D eigenvalue weighted by molar-refractivity contribution is 5.73. The van der Waals surface area contributed by atoms with Crippen LogP contribution in [0.4, 0.5) is 0 Å². The molecule has 0 spiro atoms. The molecule has 1 unspecified atom stereocenters. The number of ether oxygens (including phenoxy) is 19. The molecular weight excluding hydrogens is 1570 g/mol. The standard InChI is InChI=1S/C62H105NO51/c1-12(72)63-23-33(82)46(20(9-71)98-53(23)95)108-58-45(94)48(110-61-52(40(89)30(79)18(7-69)104-61)114-62-51(39(88)29(78)19(8-70)105-62)113-57-43(92)36(85)26(75)15(4-66)101-57)32(81)22(107-58)10-96-54-44(93)47(109-60-50(38(87)28(77)17(6-68)103-60)112-56-42(91)35(84)25(74)14(3-65)100-56)31(80)21(106-54)11-97-59-49(37(86)27(76)16(5-67)102-59)111-55-41(90)34(83)24(73)13(2-64)99-55/h13-62,64-71,73-95H,2-11H2,1H3,(H,63,72)/t13-,14-,15-,16-,17-,18-,19-,20-,21-,22-,23-,24-,25-,26-,27-,28-,29-,30-,31-,32-,33-,34+,35+,36+,37+,38+,39+,40+,41+,42+,43+,44+,45+,46-,47+,48+,49+,50+,51+,52+,53?,54+,55-,56-,57-,58+,59+,60-,61-,62-/m1/s1. The van der Waals surface area contributed by atoms with E-state index >= 15 is 0 Å². The van der Waals surface area contributed by atoms with Gasteiger partial charge in [0.15, 0.2) is 62.9 Å². The Morgan fingerprint density at radius 2 is 0.465 bits per heavy atom. The molecule has 10 saturated heterocycles. The summed E-state index contributed by atoms with van der Waals surface area (Å²) in [5.41, 5.74) is 0. The first-order chi connectivity index (χ1) is 54.0. The van der Waals surface area contributed by atoms with Crippen molar-refractivity contribution in [3.05, 3.63) is 0 Å². The molecule has 10 aliphatic rings. The van der Waals surface area contributed by atoms with Gasteiger partial charge in [0.2, 0.25) is 5.91 Å². The second kappa shape index (κ2) is 40.6. The number of aliphatic hydroxyl groups is 31. The summed E-state index contributed by atoms with van der Waals surface area (Å²) in [5, 5.41) is 344. The van der Waals surface area contributed by atoms with Crippen molar-refractivity contribution < 1.29 is 253 Å². The molecule has 10 rings (SSSR count). The SMILES string of the molecule is CC(=O)N[C@H]1C(O)O[C@H](CO)[C@@H](O[C@@H]2O[C@H](CO[C@H]3O[C@H](CO[C@H]4O[C@H](CO)[C@@H](O)[C@H](O)[C@@H]4O[C@H]4O[C@H](CO)[C@@H](O)[C@H](O)[C@@H]4O)[C@@H](O)[C@H](O[C@H]4O[C@H](CO)[C@@H](O)[C@H](O)[C@@H]4O[C@H]4O[C@H](CO)[C@@H](O)[C@H](O)[C@@H]4O)[C@@H]3O)[C@@H](O)[C@H](O[C@H]3O[C@H](CO)[C@@H](O)[C@H](O)[C@@H]3O[C@H]3O[C@H](CO)[C@@H](O)[C@H](O)[C@@H]3O[C@H]3O[C@H](CO)[C@@H](O)[C@H](O)[C@@H]3O)[C@@H]2O)[C@@H]1O. The molecule has 32 N–H and O–H groups in total. The number of rotatable bonds is 29. The topological polar surface area (TPSA) is 832 Å². The Morgan fingerprint density at radius 1 is 0.228 bits per heavy atom. The molecule has 10 aliphatic heterocycles. The van der Waals surface area contributed by atoms with Gasteiger partial charge in [-0.3, -0.25) is 4.79 Å². The lowest BCUT2D eigenvalue weighted by molar-refractivity contribution is -0.408. The molecule has 0 bridgehead atoms. The molecule has 0 aromatic carbocycles. The van der Waals surface area contributed by atoms with Gasteiger partial charge in [0.05, 0.1) is 66.1 Å². The van der Waals surface area contributed by atoms with Gasteiger partial charge < -0.3 is 254 Å². The Kier molecular flexibility index (Phi) is 33.4. The largest absolute Gasteiger partial charge is 0.394 e. The molecule has 0 saturated carbocycles. The maximum Gasteiger partial charge on any atom is 0.217 e. The quantitative estimate of drug-likeness (QED) is 0.0331. The van der Waals surface area contributed by atoms with Crippen molar-refractivity contribution in [1.82, 2.24) is 5.32 Å². The smallest absolute Gasteiger partial charge is 0.217 e. The molecule has 0 aliphatic carbocycles. The van der Waals surface area contributed by atoms with E-state index in [1.165, 1.54) is 0 Å². The lowest BCUT2D eigenvalue weighted by Crippen LogP contribution is -2.69. The summed E-state index contributed by atoms with van der Waals surface area (Å²) < 4.78 is 111. The minimum atomic E-state index is -2.57. The number of hydrogen-bond donors (Lipinski definition) is 32. The van der Waals surface area contributed by atoms with E-state index in [-0.39, 0.29) is 0 Å². The van der Waals surface area contributed by atoms with Crippen LogP contribution in [0.25, 0.3) is 0 Å². The van der Waals surface area contributed by atoms with Crippen molar-refractivity contribution >= 4 is 5.91 Å². The highest BCUT2D eigenvalue weighted by atomic mass is 16.8. The molecule has 10 fully saturated rings. The number of amides is 1. The Morgan fingerprint density at radius 3 is 0.789 bits per heavy atom. The summed E-state index contributed by atoms with van der Waals surface area (Å²) in [4.78, 5) is 12.4. The van der Waals surface area contributed by atoms with Gasteiger partial charge in [0.25, 0.3) is 0 Å². The summed E-state index contributed by atoms with van der Waals surface area (Å²) >= 11 is 0. The predicted octanol–water partition coefficient (Wildman–Crippen LogP) is -22.7. The number of nitrogens with one attached hydrogen (secondary N) is 1. The van der Waals surface area contributed by atoms with E-state index in [0.29, 0.717) is 0 Å².